The van der Waals surface area contributed by atoms with Gasteiger partial charge in [0.25, 0.3) is 0 Å². The van der Waals surface area contributed by atoms with Gasteiger partial charge in [-0.1, -0.05) is 6.92 Å². The first kappa shape index (κ1) is 15.9. The van der Waals surface area contributed by atoms with Gasteiger partial charge in [0.05, 0.1) is 39.3 Å². The van der Waals surface area contributed by atoms with Crippen molar-refractivity contribution in [1.82, 2.24) is 0 Å². The molecule has 0 aromatic carbocycles. The molecule has 1 heterocycles. The molecule has 1 aliphatic rings. The lowest BCUT2D eigenvalue weighted by atomic mass is 10.1. The molecule has 1 unspecified atom stereocenters. The van der Waals surface area contributed by atoms with E-state index in [0.29, 0.717) is 13.2 Å². The third kappa shape index (κ3) is 9.77. The van der Waals surface area contributed by atoms with E-state index in [1.54, 1.807) is 0 Å². The van der Waals surface area contributed by atoms with Gasteiger partial charge in [-0.15, -0.1) is 0 Å². The highest BCUT2D eigenvalue weighted by Gasteiger charge is 2.13. The minimum Gasteiger partial charge on any atom is -0.466 e. The van der Waals surface area contributed by atoms with Gasteiger partial charge in [-0.3, -0.25) is 9.59 Å². The number of aliphatic hydroxyl groups is 2. The Hall–Kier alpha value is -1.14. The molecule has 1 rings (SSSR count). The van der Waals surface area contributed by atoms with E-state index in [-0.39, 0.29) is 43.9 Å². The highest BCUT2D eigenvalue weighted by atomic mass is 16.5. The Kier molecular flexibility index (Phi) is 9.37. The van der Waals surface area contributed by atoms with Crippen LogP contribution in [0, 0.1) is 5.92 Å². The summed E-state index contributed by atoms with van der Waals surface area (Å²) in [6.45, 7) is 2.57. The highest BCUT2D eigenvalue weighted by Crippen LogP contribution is 2.07. The van der Waals surface area contributed by atoms with Crippen LogP contribution in [0.25, 0.3) is 0 Å². The molecule has 0 bridgehead atoms. The summed E-state index contributed by atoms with van der Waals surface area (Å²) in [5, 5.41) is 15.2. The monoisotopic (exact) mass is 248 g/mol. The van der Waals surface area contributed by atoms with Crippen LogP contribution in [-0.4, -0.2) is 48.6 Å². The second-order valence-electron chi connectivity index (χ2n) is 3.74. The fraction of sp³-hybridized carbons (Fsp3) is 0.818. The van der Waals surface area contributed by atoms with E-state index in [2.05, 4.69) is 0 Å². The Morgan fingerprint density at radius 1 is 1.12 bits per heavy atom. The fourth-order valence-corrected chi connectivity index (χ4v) is 1.04. The third-order valence-electron chi connectivity index (χ3n) is 2.04. The van der Waals surface area contributed by atoms with E-state index >= 15 is 0 Å². The Balaban J connectivity index is 0.000000557. The van der Waals surface area contributed by atoms with E-state index in [4.69, 9.17) is 19.7 Å². The van der Waals surface area contributed by atoms with Crippen molar-refractivity contribution in [2.45, 2.75) is 26.2 Å². The van der Waals surface area contributed by atoms with Crippen molar-refractivity contribution in [3.63, 3.8) is 0 Å². The normalized spacial score (nSPS) is 21.7. The van der Waals surface area contributed by atoms with Crippen LogP contribution in [0.5, 0.6) is 0 Å². The summed E-state index contributed by atoms with van der Waals surface area (Å²) in [6.07, 6.45) is 1.01. The number of carbonyl (C=O) groups is 2. The fourth-order valence-electron chi connectivity index (χ4n) is 1.04. The molecule has 0 aromatic rings. The van der Waals surface area contributed by atoms with Gasteiger partial charge in [0.15, 0.2) is 0 Å². The van der Waals surface area contributed by atoms with Crippen molar-refractivity contribution in [3.05, 3.63) is 0 Å². The van der Waals surface area contributed by atoms with E-state index in [0.717, 1.165) is 6.42 Å². The van der Waals surface area contributed by atoms with Crippen molar-refractivity contribution in [1.29, 1.82) is 0 Å². The van der Waals surface area contributed by atoms with Gasteiger partial charge in [-0.2, -0.15) is 0 Å². The van der Waals surface area contributed by atoms with Crippen LogP contribution in [0.3, 0.4) is 0 Å². The average Bonchev–Trinajstić information content (AvgIpc) is 2.33. The van der Waals surface area contributed by atoms with Crippen molar-refractivity contribution in [2.75, 3.05) is 26.4 Å². The molecule has 0 spiro atoms. The van der Waals surface area contributed by atoms with Crippen molar-refractivity contribution in [3.8, 4) is 0 Å². The second kappa shape index (κ2) is 10.0. The number of carbonyl (C=O) groups excluding carboxylic acids is 2. The lowest BCUT2D eigenvalue weighted by Crippen LogP contribution is -2.18. The minimum absolute atomic E-state index is 0.125. The molecule has 1 fully saturated rings. The molecule has 17 heavy (non-hydrogen) atoms. The first-order valence-electron chi connectivity index (χ1n) is 5.63. The van der Waals surface area contributed by atoms with Crippen molar-refractivity contribution < 1.29 is 29.3 Å². The summed E-state index contributed by atoms with van der Waals surface area (Å²) in [5.74, 6) is -0.369. The molecule has 1 atom stereocenters. The van der Waals surface area contributed by atoms with E-state index in [9.17, 15) is 9.59 Å². The summed E-state index contributed by atoms with van der Waals surface area (Å²) in [5.41, 5.74) is 0. The molecular weight excluding hydrogens is 228 g/mol. The van der Waals surface area contributed by atoms with Gasteiger partial charge < -0.3 is 19.7 Å². The number of hydrogen-bond donors (Lipinski definition) is 2. The molecule has 0 amide bonds. The van der Waals surface area contributed by atoms with Gasteiger partial charge >= 0.3 is 11.9 Å². The van der Waals surface area contributed by atoms with E-state index in [1.165, 1.54) is 0 Å². The molecule has 1 saturated heterocycles. The number of rotatable bonds is 1. The maximum Gasteiger partial charge on any atom is 0.306 e. The predicted octanol–water partition coefficient (Wildman–Crippen LogP) is -0.136. The Labute approximate surface area is 101 Å². The topological polar surface area (TPSA) is 93.1 Å². The zero-order valence-electron chi connectivity index (χ0n) is 10.1. The number of hydrogen-bond acceptors (Lipinski definition) is 6. The molecule has 6 heteroatoms. The van der Waals surface area contributed by atoms with Crippen molar-refractivity contribution >= 4 is 11.9 Å². The standard InChI is InChI=1S/C9H14O4.C2H6O2/c1-7-4-5-12-8(10)2-3-9(11)13-6-7;3-1-2-4/h7H,2-6H2,1H3;3-4H,1-2H2. The lowest BCUT2D eigenvalue weighted by molar-refractivity contribution is -0.153. The molecule has 2 N–H and O–H groups in total. The maximum absolute atomic E-state index is 11.0. The summed E-state index contributed by atoms with van der Waals surface area (Å²) in [6, 6.07) is 0. The number of esters is 2. The Morgan fingerprint density at radius 3 is 2.18 bits per heavy atom. The largest absolute Gasteiger partial charge is 0.466 e. The van der Waals surface area contributed by atoms with Crippen LogP contribution in [0.4, 0.5) is 0 Å². The molecule has 0 aliphatic carbocycles. The van der Waals surface area contributed by atoms with Gasteiger partial charge in [0.2, 0.25) is 0 Å². The molecule has 0 aromatic heterocycles. The Bertz CT molecular complexity index is 226. The third-order valence-corrected chi connectivity index (χ3v) is 2.04. The van der Waals surface area contributed by atoms with Gasteiger partial charge in [0.1, 0.15) is 0 Å². The maximum atomic E-state index is 11.0. The summed E-state index contributed by atoms with van der Waals surface area (Å²) >= 11 is 0. The van der Waals surface area contributed by atoms with Crippen LogP contribution in [0.2, 0.25) is 0 Å². The molecule has 100 valence electrons. The van der Waals surface area contributed by atoms with Crippen LogP contribution in [0.1, 0.15) is 26.2 Å². The van der Waals surface area contributed by atoms with Crippen molar-refractivity contribution in [2.24, 2.45) is 5.92 Å². The summed E-state index contributed by atoms with van der Waals surface area (Å²) in [7, 11) is 0. The molecule has 1 aliphatic heterocycles. The summed E-state index contributed by atoms with van der Waals surface area (Å²) in [4.78, 5) is 21.9. The molecule has 6 nitrogen and oxygen atoms in total. The van der Waals surface area contributed by atoms with Gasteiger partial charge in [-0.25, -0.2) is 0 Å². The number of aliphatic hydroxyl groups excluding tert-OH is 2. The number of cyclic esters (lactones) is 2. The SMILES string of the molecule is CC1CCOC(=O)CCC(=O)OC1.OCCO. The molecule has 0 radical (unpaired) electrons. The smallest absolute Gasteiger partial charge is 0.306 e. The van der Waals surface area contributed by atoms with E-state index < -0.39 is 0 Å². The molecule has 0 saturated carbocycles. The van der Waals surface area contributed by atoms with Gasteiger partial charge in [-0.05, 0) is 12.3 Å². The lowest BCUT2D eigenvalue weighted by Gasteiger charge is -2.14. The summed E-state index contributed by atoms with van der Waals surface area (Å²) < 4.78 is 9.82. The Morgan fingerprint density at radius 2 is 1.65 bits per heavy atom. The van der Waals surface area contributed by atoms with Gasteiger partial charge in [0, 0.05) is 0 Å². The minimum atomic E-state index is -0.314. The van der Waals surface area contributed by atoms with Crippen LogP contribution in [-0.2, 0) is 19.1 Å². The zero-order valence-corrected chi connectivity index (χ0v) is 10.1. The molecular formula is C11H20O6. The second-order valence-corrected chi connectivity index (χ2v) is 3.74. The number of ether oxygens (including phenoxy) is 2. The van der Waals surface area contributed by atoms with E-state index in [1.807, 2.05) is 6.92 Å². The van der Waals surface area contributed by atoms with Crippen LogP contribution >= 0.6 is 0 Å². The zero-order chi connectivity index (χ0) is 13.1. The van der Waals surface area contributed by atoms with Crippen LogP contribution < -0.4 is 0 Å². The quantitative estimate of drug-likeness (QED) is 0.628. The first-order valence-corrected chi connectivity index (χ1v) is 5.63. The average molecular weight is 248 g/mol. The highest BCUT2D eigenvalue weighted by molar-refractivity contribution is 5.77. The van der Waals surface area contributed by atoms with Crippen LogP contribution in [0.15, 0.2) is 0 Å². The first-order chi connectivity index (χ1) is 8.10. The predicted molar refractivity (Wildman–Crippen MR) is 59.1 cm³/mol.